The lowest BCUT2D eigenvalue weighted by Gasteiger charge is -2.34. The average molecular weight is 311 g/mol. The molecule has 1 amide bonds. The first-order chi connectivity index (χ1) is 10.0. The van der Waals surface area contributed by atoms with Gasteiger partial charge in [-0.25, -0.2) is 0 Å². The molecule has 0 aliphatic carbocycles. The molecule has 0 saturated heterocycles. The van der Waals surface area contributed by atoms with Crippen LogP contribution in [0.1, 0.15) is 38.1 Å². The monoisotopic (exact) mass is 311 g/mol. The van der Waals surface area contributed by atoms with E-state index in [1.165, 1.54) is 0 Å². The fraction of sp³-hybridized carbons (Fsp3) is 0.562. The van der Waals surface area contributed by atoms with Crippen LogP contribution in [-0.2, 0) is 9.47 Å². The lowest BCUT2D eigenvalue weighted by Crippen LogP contribution is -2.47. The summed E-state index contributed by atoms with van der Waals surface area (Å²) in [5, 5.41) is 0. The Hall–Kier alpha value is -1.04. The molecular weight excluding hydrogens is 286 g/mol. The molecule has 0 aromatic heterocycles. The molecule has 118 valence electrons. The van der Waals surface area contributed by atoms with Crippen LogP contribution in [0.25, 0.3) is 0 Å². The third kappa shape index (κ3) is 5.02. The fourth-order valence-electron chi connectivity index (χ4n) is 2.15. The van der Waals surface area contributed by atoms with Gasteiger partial charge in [0.05, 0.1) is 0 Å². The Kier molecular flexibility index (Phi) is 7.78. The van der Waals surface area contributed by atoms with Crippen molar-refractivity contribution in [1.82, 2.24) is 4.90 Å². The molecule has 0 bridgehead atoms. The molecule has 0 aliphatic rings. The predicted octanol–water partition coefficient (Wildman–Crippen LogP) is 3.62. The number of hydrogen-bond acceptors (Lipinski definition) is 4. The van der Waals surface area contributed by atoms with Crippen LogP contribution in [0.3, 0.4) is 0 Å². The van der Waals surface area contributed by atoms with Crippen LogP contribution in [0.4, 0.5) is 0 Å². The number of amides is 1. The van der Waals surface area contributed by atoms with Crippen LogP contribution in [0, 0.1) is 0 Å². The van der Waals surface area contributed by atoms with Gasteiger partial charge in [-0.15, -0.1) is 11.8 Å². The van der Waals surface area contributed by atoms with Crippen molar-refractivity contribution in [3.8, 4) is 0 Å². The van der Waals surface area contributed by atoms with E-state index in [0.29, 0.717) is 18.8 Å². The molecule has 5 heteroatoms. The summed E-state index contributed by atoms with van der Waals surface area (Å²) in [5.74, 6) is -0.0791. The normalized spacial score (nSPS) is 13.8. The Balaban J connectivity index is 2.96. The summed E-state index contributed by atoms with van der Waals surface area (Å²) in [7, 11) is 0. The van der Waals surface area contributed by atoms with Crippen LogP contribution in [0.5, 0.6) is 0 Å². The van der Waals surface area contributed by atoms with E-state index in [9.17, 15) is 4.79 Å². The Morgan fingerprint density at radius 2 is 1.57 bits per heavy atom. The van der Waals surface area contributed by atoms with Gasteiger partial charge in [0.1, 0.15) is 12.5 Å². The average Bonchev–Trinajstić information content (AvgIpc) is 2.48. The summed E-state index contributed by atoms with van der Waals surface area (Å²) in [6.07, 6.45) is 1.35. The molecule has 0 fully saturated rings. The predicted molar refractivity (Wildman–Crippen MR) is 86.6 cm³/mol. The van der Waals surface area contributed by atoms with Gasteiger partial charge >= 0.3 is 0 Å². The molecule has 21 heavy (non-hydrogen) atoms. The van der Waals surface area contributed by atoms with Gasteiger partial charge in [0.15, 0.2) is 0 Å². The maximum absolute atomic E-state index is 12.7. The van der Waals surface area contributed by atoms with Crippen molar-refractivity contribution < 1.29 is 14.3 Å². The van der Waals surface area contributed by atoms with E-state index < -0.39 is 0 Å². The highest BCUT2D eigenvalue weighted by molar-refractivity contribution is 7.98. The third-order valence-electron chi connectivity index (χ3n) is 3.17. The highest BCUT2D eigenvalue weighted by Gasteiger charge is 2.27. The molecule has 0 heterocycles. The zero-order valence-electron chi connectivity index (χ0n) is 13.5. The van der Waals surface area contributed by atoms with Crippen LogP contribution in [-0.4, -0.2) is 42.7 Å². The lowest BCUT2D eigenvalue weighted by atomic mass is 10.2. The number of carbonyl (C=O) groups excluding carboxylic acids is 1. The molecule has 0 radical (unpaired) electrons. The van der Waals surface area contributed by atoms with Gasteiger partial charge in [0.2, 0.25) is 0 Å². The van der Waals surface area contributed by atoms with Crippen LogP contribution >= 0.6 is 11.8 Å². The summed E-state index contributed by atoms with van der Waals surface area (Å²) in [5.41, 5.74) is 0.644. The third-order valence-corrected chi connectivity index (χ3v) is 3.91. The summed E-state index contributed by atoms with van der Waals surface area (Å²) >= 11 is 1.65. The minimum absolute atomic E-state index is 0.0791. The summed E-state index contributed by atoms with van der Waals surface area (Å²) in [6, 6.07) is 7.59. The van der Waals surface area contributed by atoms with E-state index >= 15 is 0 Å². The van der Waals surface area contributed by atoms with Crippen molar-refractivity contribution >= 4 is 17.7 Å². The van der Waals surface area contributed by atoms with E-state index in [1.54, 1.807) is 16.7 Å². The second-order valence-electron chi connectivity index (χ2n) is 4.55. The van der Waals surface area contributed by atoms with E-state index in [1.807, 2.05) is 58.2 Å². The van der Waals surface area contributed by atoms with E-state index in [-0.39, 0.29) is 18.4 Å². The van der Waals surface area contributed by atoms with Crippen LogP contribution < -0.4 is 0 Å². The van der Waals surface area contributed by atoms with E-state index in [4.69, 9.17) is 9.47 Å². The number of ether oxygens (including phenoxy) is 2. The van der Waals surface area contributed by atoms with Crippen molar-refractivity contribution in [3.63, 3.8) is 0 Å². The topological polar surface area (TPSA) is 38.8 Å². The largest absolute Gasteiger partial charge is 0.359 e. The summed E-state index contributed by atoms with van der Waals surface area (Å²) < 4.78 is 11.2. The van der Waals surface area contributed by atoms with Crippen molar-refractivity contribution in [2.24, 2.45) is 0 Å². The van der Waals surface area contributed by atoms with Gasteiger partial charge in [0, 0.05) is 23.7 Å². The Morgan fingerprint density at radius 1 is 1.10 bits per heavy atom. The summed E-state index contributed by atoms with van der Waals surface area (Å²) in [6.45, 7) is 8.67. The number of rotatable bonds is 8. The Morgan fingerprint density at radius 3 is 1.95 bits per heavy atom. The van der Waals surface area contributed by atoms with Crippen LogP contribution in [0.2, 0.25) is 0 Å². The van der Waals surface area contributed by atoms with Gasteiger partial charge in [-0.2, -0.15) is 0 Å². The molecule has 0 spiro atoms. The zero-order chi connectivity index (χ0) is 15.8. The molecule has 0 N–H and O–H groups in total. The molecule has 2 unspecified atom stereocenters. The number of hydrogen-bond donors (Lipinski definition) is 0. The molecule has 1 rings (SSSR count). The SMILES string of the molecule is CCOC(C)N(C(=O)c1ccc(SC)cc1)C(C)OCC. The molecule has 1 aromatic rings. The molecule has 1 aromatic carbocycles. The lowest BCUT2D eigenvalue weighted by molar-refractivity contribution is -0.113. The number of thioether (sulfide) groups is 1. The molecule has 0 aliphatic heterocycles. The fourth-order valence-corrected chi connectivity index (χ4v) is 2.56. The van der Waals surface area contributed by atoms with E-state index in [2.05, 4.69) is 0 Å². The van der Waals surface area contributed by atoms with Crippen LogP contribution in [0.15, 0.2) is 29.2 Å². The first-order valence-corrected chi connectivity index (χ1v) is 8.47. The standard InChI is InChI=1S/C16H25NO3S/c1-6-19-12(3)17(13(4)20-7-2)16(18)14-8-10-15(21-5)11-9-14/h8-13H,6-7H2,1-5H3. The molecular formula is C16H25NO3S. The zero-order valence-corrected chi connectivity index (χ0v) is 14.3. The summed E-state index contributed by atoms with van der Waals surface area (Å²) in [4.78, 5) is 15.5. The van der Waals surface area contributed by atoms with Crippen molar-refractivity contribution in [1.29, 1.82) is 0 Å². The molecule has 2 atom stereocenters. The quantitative estimate of drug-likeness (QED) is 0.543. The smallest absolute Gasteiger partial charge is 0.257 e. The number of benzene rings is 1. The minimum Gasteiger partial charge on any atom is -0.359 e. The second kappa shape index (κ2) is 9.07. The maximum Gasteiger partial charge on any atom is 0.257 e. The first kappa shape index (κ1) is 18.0. The van der Waals surface area contributed by atoms with Gasteiger partial charge in [-0.3, -0.25) is 9.69 Å². The van der Waals surface area contributed by atoms with Crippen molar-refractivity contribution in [2.45, 2.75) is 45.0 Å². The number of nitrogens with zero attached hydrogens (tertiary/aromatic N) is 1. The molecule has 0 saturated carbocycles. The number of carbonyl (C=O) groups is 1. The van der Waals surface area contributed by atoms with Crippen molar-refractivity contribution in [3.05, 3.63) is 29.8 Å². The molecule has 4 nitrogen and oxygen atoms in total. The highest BCUT2D eigenvalue weighted by atomic mass is 32.2. The Bertz CT molecular complexity index is 424. The van der Waals surface area contributed by atoms with Gasteiger partial charge in [0.25, 0.3) is 5.91 Å². The Labute approximate surface area is 131 Å². The van der Waals surface area contributed by atoms with Gasteiger partial charge in [-0.05, 0) is 58.2 Å². The van der Waals surface area contributed by atoms with Crippen molar-refractivity contribution in [2.75, 3.05) is 19.5 Å². The van der Waals surface area contributed by atoms with E-state index in [0.717, 1.165) is 4.90 Å². The highest BCUT2D eigenvalue weighted by Crippen LogP contribution is 2.18. The van der Waals surface area contributed by atoms with Gasteiger partial charge < -0.3 is 9.47 Å². The van der Waals surface area contributed by atoms with Gasteiger partial charge in [-0.1, -0.05) is 0 Å². The minimum atomic E-state index is -0.329. The maximum atomic E-state index is 12.7. The second-order valence-corrected chi connectivity index (χ2v) is 5.43. The first-order valence-electron chi connectivity index (χ1n) is 7.25.